The molecule has 76 heavy (non-hydrogen) atoms. The Morgan fingerprint density at radius 2 is 0.750 bits per heavy atom. The topological polar surface area (TPSA) is 65.0 Å². The van der Waals surface area contributed by atoms with Gasteiger partial charge in [0.15, 0.2) is 17.5 Å². The zero-order chi connectivity index (χ0) is 49.6. The van der Waals surface area contributed by atoms with Crippen molar-refractivity contribution in [3.8, 4) is 78.7 Å². The Kier molecular flexibility index (Phi) is 8.58. The van der Waals surface area contributed by atoms with Gasteiger partial charge in [0.1, 0.15) is 22.3 Å². The number of hydrogen-bond donors (Lipinski definition) is 0. The fourth-order valence-corrected chi connectivity index (χ4v) is 14.1. The summed E-state index contributed by atoms with van der Waals surface area (Å²) in [6, 6.07) is 85.1. The van der Waals surface area contributed by atoms with Gasteiger partial charge in [-0.2, -0.15) is 0 Å². The normalized spacial score (nSPS) is 13.1. The predicted molar refractivity (Wildman–Crippen MR) is 311 cm³/mol. The highest BCUT2D eigenvalue weighted by Crippen LogP contribution is 2.63. The molecule has 6 heteroatoms. The molecule has 0 fully saturated rings. The number of para-hydroxylation sites is 1. The lowest BCUT2D eigenvalue weighted by molar-refractivity contribution is 0.668. The van der Waals surface area contributed by atoms with Crippen LogP contribution in [0.25, 0.3) is 143 Å². The van der Waals surface area contributed by atoms with Crippen molar-refractivity contribution in [1.29, 1.82) is 0 Å². The molecule has 4 aromatic heterocycles. The average molecular weight is 986 g/mol. The van der Waals surface area contributed by atoms with Crippen LogP contribution in [0.3, 0.4) is 0 Å². The fourth-order valence-electron chi connectivity index (χ4n) is 12.9. The Morgan fingerprint density at radius 1 is 0.276 bits per heavy atom. The highest BCUT2D eigenvalue weighted by atomic mass is 32.1. The van der Waals surface area contributed by atoms with Gasteiger partial charge in [0.05, 0.1) is 5.41 Å². The largest absolute Gasteiger partial charge is 0.456 e. The highest BCUT2D eigenvalue weighted by molar-refractivity contribution is 7.25. The summed E-state index contributed by atoms with van der Waals surface area (Å²) in [5.74, 6) is 1.72. The Bertz CT molecular complexity index is 4930. The number of benzene rings is 11. The van der Waals surface area contributed by atoms with E-state index in [1.165, 1.54) is 70.2 Å². The van der Waals surface area contributed by atoms with E-state index in [1.807, 2.05) is 42.5 Å². The molecule has 0 unspecified atom stereocenters. The summed E-state index contributed by atoms with van der Waals surface area (Å²) in [5, 5.41) is 6.39. The van der Waals surface area contributed by atoms with E-state index in [-0.39, 0.29) is 5.41 Å². The minimum absolute atomic E-state index is 0.373. The number of fused-ring (bicyclic) bond motifs is 19. The molecule has 5 nitrogen and oxygen atoms in total. The van der Waals surface area contributed by atoms with Gasteiger partial charge in [-0.25, -0.2) is 15.0 Å². The molecule has 4 heterocycles. The molecule has 15 aromatic rings. The first-order valence-electron chi connectivity index (χ1n) is 25.7. The molecule has 2 aliphatic carbocycles. The number of rotatable bonds is 5. The van der Waals surface area contributed by atoms with Crippen molar-refractivity contribution in [2.24, 2.45) is 0 Å². The summed E-state index contributed by atoms with van der Waals surface area (Å²) in [4.78, 5) is 16.0. The Hall–Kier alpha value is -9.75. The van der Waals surface area contributed by atoms with Crippen LogP contribution < -0.4 is 0 Å². The molecule has 0 radical (unpaired) electrons. The molecule has 0 saturated carbocycles. The number of hydrogen-bond acceptors (Lipinski definition) is 6. The maximum atomic E-state index is 6.67. The van der Waals surface area contributed by atoms with Crippen LogP contribution in [0.1, 0.15) is 22.3 Å². The van der Waals surface area contributed by atoms with E-state index in [2.05, 4.69) is 194 Å². The van der Waals surface area contributed by atoms with E-state index in [4.69, 9.17) is 23.8 Å². The quantitative estimate of drug-likeness (QED) is 0.172. The van der Waals surface area contributed by atoms with E-state index in [1.54, 1.807) is 11.3 Å². The van der Waals surface area contributed by atoms with Crippen molar-refractivity contribution >= 4 is 75.4 Å². The van der Waals surface area contributed by atoms with Gasteiger partial charge in [0, 0.05) is 58.4 Å². The molecule has 17 rings (SSSR count). The van der Waals surface area contributed by atoms with Gasteiger partial charge in [0.25, 0.3) is 0 Å². The summed E-state index contributed by atoms with van der Waals surface area (Å²) in [5.41, 5.74) is 20.6. The van der Waals surface area contributed by atoms with Gasteiger partial charge in [-0.1, -0.05) is 182 Å². The monoisotopic (exact) mass is 985 g/mol. The Balaban J connectivity index is 0.810. The Labute approximate surface area is 439 Å². The van der Waals surface area contributed by atoms with Crippen LogP contribution in [0, 0.1) is 0 Å². The van der Waals surface area contributed by atoms with E-state index in [0.717, 1.165) is 77.3 Å². The molecule has 0 N–H and O–H groups in total. The second-order valence-corrected chi connectivity index (χ2v) is 21.2. The average Bonchev–Trinajstić information content (AvgIpc) is 4.42. The van der Waals surface area contributed by atoms with Crippen LogP contribution >= 0.6 is 11.3 Å². The lowest BCUT2D eigenvalue weighted by atomic mass is 9.70. The maximum Gasteiger partial charge on any atom is 0.164 e. The van der Waals surface area contributed by atoms with Gasteiger partial charge in [-0.15, -0.1) is 11.3 Å². The number of nitrogens with zero attached hydrogens (tertiary/aromatic N) is 3. The summed E-state index contributed by atoms with van der Waals surface area (Å²) in [6.45, 7) is 0. The van der Waals surface area contributed by atoms with Crippen LogP contribution in [0.2, 0.25) is 0 Å². The zero-order valence-corrected chi connectivity index (χ0v) is 41.4. The molecule has 0 saturated heterocycles. The first-order valence-corrected chi connectivity index (χ1v) is 26.5. The zero-order valence-electron chi connectivity index (χ0n) is 40.6. The van der Waals surface area contributed by atoms with Crippen molar-refractivity contribution in [1.82, 2.24) is 15.0 Å². The highest BCUT2D eigenvalue weighted by Gasteiger charge is 2.51. The third-order valence-electron chi connectivity index (χ3n) is 16.2. The Morgan fingerprint density at radius 3 is 1.46 bits per heavy atom. The summed E-state index contributed by atoms with van der Waals surface area (Å²) in [6.07, 6.45) is 0. The summed E-state index contributed by atoms with van der Waals surface area (Å²) >= 11 is 1.79. The molecule has 0 amide bonds. The van der Waals surface area contributed by atoms with Crippen LogP contribution in [-0.2, 0) is 5.41 Å². The molecular weight excluding hydrogens is 947 g/mol. The van der Waals surface area contributed by atoms with Crippen molar-refractivity contribution in [3.05, 3.63) is 259 Å². The molecule has 0 bridgehead atoms. The molecule has 11 aromatic carbocycles. The van der Waals surface area contributed by atoms with Gasteiger partial charge in [0.2, 0.25) is 0 Å². The molecule has 2 aliphatic rings. The molecular formula is C70H39N3O2S. The minimum atomic E-state index is -0.373. The van der Waals surface area contributed by atoms with Gasteiger partial charge < -0.3 is 8.83 Å². The summed E-state index contributed by atoms with van der Waals surface area (Å²) in [7, 11) is 0. The van der Waals surface area contributed by atoms with Gasteiger partial charge in [-0.05, 0) is 121 Å². The number of thiophene rings is 1. The predicted octanol–water partition coefficient (Wildman–Crippen LogP) is 18.7. The summed E-state index contributed by atoms with van der Waals surface area (Å²) < 4.78 is 15.5. The van der Waals surface area contributed by atoms with Crippen LogP contribution in [0.4, 0.5) is 0 Å². The minimum Gasteiger partial charge on any atom is -0.456 e. The smallest absolute Gasteiger partial charge is 0.164 e. The second kappa shape index (κ2) is 15.6. The van der Waals surface area contributed by atoms with Gasteiger partial charge in [-0.3, -0.25) is 0 Å². The maximum absolute atomic E-state index is 6.67. The molecule has 1 spiro atoms. The van der Waals surface area contributed by atoms with E-state index < -0.39 is 0 Å². The van der Waals surface area contributed by atoms with Crippen LogP contribution in [0.15, 0.2) is 245 Å². The van der Waals surface area contributed by atoms with Gasteiger partial charge >= 0.3 is 0 Å². The fraction of sp³-hybridized carbons (Fsp3) is 0.0143. The van der Waals surface area contributed by atoms with Crippen molar-refractivity contribution in [3.63, 3.8) is 0 Å². The van der Waals surface area contributed by atoms with Crippen molar-refractivity contribution < 1.29 is 8.83 Å². The first kappa shape index (κ1) is 41.7. The molecule has 0 atom stereocenters. The lowest BCUT2D eigenvalue weighted by Gasteiger charge is -2.30. The van der Waals surface area contributed by atoms with Crippen molar-refractivity contribution in [2.45, 2.75) is 5.41 Å². The van der Waals surface area contributed by atoms with E-state index in [9.17, 15) is 0 Å². The molecule has 0 aliphatic heterocycles. The molecule has 352 valence electrons. The van der Waals surface area contributed by atoms with E-state index >= 15 is 0 Å². The van der Waals surface area contributed by atoms with Crippen molar-refractivity contribution in [2.75, 3.05) is 0 Å². The third kappa shape index (κ3) is 5.81. The SMILES string of the molecule is c1cc(-c2ccc3c(c2)-c2ccccc2C32c3ccccc3-c3ccccc32)cc(-c2ccc3oc4cccc(-c5nc(-c6ccc7c(c6)sc6ccccc67)nc(-c6cccc7oc8ccccc8c67)n5)c4c3c2)c1. The third-order valence-corrected chi connectivity index (χ3v) is 17.3. The first-order chi connectivity index (χ1) is 37.6. The lowest BCUT2D eigenvalue weighted by Crippen LogP contribution is -2.25. The standard InChI is InChI=1S/C70H39N3O2S/c1-6-23-55-45(16-1)46-17-2-7-24-56(46)70(55)57-25-8-3-18-47(57)53-37-42(31-34-58(53)70)40-14-11-15-41(36-40)43-32-35-60-54(38-43)66-52(22-13-28-62(66)75-60)69-72-67(44-30-33-49-48-19-5-10-29-63(48)76-64(49)39-44)71-68(73-69)51-21-12-27-61-65(51)50-20-4-9-26-59(50)74-61/h1-39H. The number of aromatic nitrogens is 3. The number of furan rings is 2. The van der Waals surface area contributed by atoms with Crippen LogP contribution in [0.5, 0.6) is 0 Å². The van der Waals surface area contributed by atoms with E-state index in [0.29, 0.717) is 17.5 Å². The van der Waals surface area contributed by atoms with Crippen LogP contribution in [-0.4, -0.2) is 15.0 Å². The second-order valence-electron chi connectivity index (χ2n) is 20.1.